The van der Waals surface area contributed by atoms with Gasteiger partial charge in [-0.2, -0.15) is 15.1 Å². The standard InChI is InChI=1S/C30H24ClN5O2S/c1-18-8-7-9-20(16-18)38-15-14-35-19(2)23(21-10-4-6-13-26(21)35)17-24-27(32)36-30(33-28(24)37)39-29(34-36)22-11-3-5-12-25(22)31/h3-13,16-17,32H,14-15H2,1-2H3/b24-17+,32-27?. The van der Waals surface area contributed by atoms with E-state index in [0.29, 0.717) is 28.4 Å². The summed E-state index contributed by atoms with van der Waals surface area (Å²) in [6.07, 6.45) is 1.76. The number of amidine groups is 2. The highest BCUT2D eigenvalue weighted by Gasteiger charge is 2.36. The predicted octanol–water partition coefficient (Wildman–Crippen LogP) is 6.66. The molecular weight excluding hydrogens is 530 g/mol. The van der Waals surface area contributed by atoms with Gasteiger partial charge in [0, 0.05) is 27.7 Å². The molecule has 0 aliphatic carbocycles. The summed E-state index contributed by atoms with van der Waals surface area (Å²) in [5.41, 5.74) is 4.95. The van der Waals surface area contributed by atoms with Gasteiger partial charge in [-0.25, -0.2) is 0 Å². The summed E-state index contributed by atoms with van der Waals surface area (Å²) in [6, 6.07) is 23.4. The summed E-state index contributed by atoms with van der Waals surface area (Å²) >= 11 is 7.59. The summed E-state index contributed by atoms with van der Waals surface area (Å²) < 4.78 is 8.20. The SMILES string of the molecule is Cc1cccc(OCCn2c(C)c(/C=C3\C(=N)N4N=C(c5ccccc5Cl)SC4=NC3=O)c3ccccc32)c1. The Kier molecular flexibility index (Phi) is 6.58. The number of hydrogen-bond donors (Lipinski definition) is 1. The molecule has 194 valence electrons. The van der Waals surface area contributed by atoms with Gasteiger partial charge in [-0.15, -0.1) is 0 Å². The van der Waals surface area contributed by atoms with E-state index >= 15 is 0 Å². The Balaban J connectivity index is 1.32. The molecule has 6 rings (SSSR count). The van der Waals surface area contributed by atoms with Crippen LogP contribution in [0.5, 0.6) is 5.75 Å². The van der Waals surface area contributed by atoms with Crippen molar-refractivity contribution in [2.24, 2.45) is 10.1 Å². The van der Waals surface area contributed by atoms with E-state index in [1.165, 1.54) is 16.8 Å². The molecule has 0 unspecified atom stereocenters. The van der Waals surface area contributed by atoms with Crippen LogP contribution in [0.2, 0.25) is 5.02 Å². The number of halogens is 1. The predicted molar refractivity (Wildman–Crippen MR) is 159 cm³/mol. The zero-order chi connectivity index (χ0) is 27.1. The van der Waals surface area contributed by atoms with Crippen molar-refractivity contribution < 1.29 is 9.53 Å². The first-order chi connectivity index (χ1) is 18.9. The molecule has 1 amide bonds. The number of thioether (sulfide) groups is 1. The van der Waals surface area contributed by atoms with Gasteiger partial charge in [-0.1, -0.05) is 60.1 Å². The van der Waals surface area contributed by atoms with Crippen molar-refractivity contribution in [1.29, 1.82) is 5.41 Å². The van der Waals surface area contributed by atoms with Crippen LogP contribution in [0.4, 0.5) is 0 Å². The molecule has 0 radical (unpaired) electrons. The van der Waals surface area contributed by atoms with Crippen LogP contribution in [-0.4, -0.2) is 38.1 Å². The monoisotopic (exact) mass is 553 g/mol. The minimum absolute atomic E-state index is 0.0152. The molecule has 2 aliphatic heterocycles. The zero-order valence-corrected chi connectivity index (χ0v) is 22.9. The summed E-state index contributed by atoms with van der Waals surface area (Å²) in [7, 11) is 0. The van der Waals surface area contributed by atoms with Crippen LogP contribution in [0.3, 0.4) is 0 Å². The van der Waals surface area contributed by atoms with Gasteiger partial charge in [0.25, 0.3) is 5.91 Å². The van der Waals surface area contributed by atoms with E-state index in [1.807, 2.05) is 74.5 Å². The number of carbonyl (C=O) groups excluding carboxylic acids is 1. The Hall–Kier alpha value is -4.14. The van der Waals surface area contributed by atoms with Gasteiger partial charge in [-0.3, -0.25) is 10.2 Å². The number of fused-ring (bicyclic) bond motifs is 2. The Morgan fingerprint density at radius 2 is 1.85 bits per heavy atom. The summed E-state index contributed by atoms with van der Waals surface area (Å²) in [4.78, 5) is 17.4. The van der Waals surface area contributed by atoms with Gasteiger partial charge in [0.15, 0.2) is 5.84 Å². The van der Waals surface area contributed by atoms with Crippen LogP contribution < -0.4 is 4.74 Å². The van der Waals surface area contributed by atoms with Crippen LogP contribution in [0.1, 0.15) is 22.4 Å². The number of rotatable bonds is 6. The Morgan fingerprint density at radius 1 is 1.05 bits per heavy atom. The van der Waals surface area contributed by atoms with Crippen molar-refractivity contribution in [2.75, 3.05) is 6.61 Å². The van der Waals surface area contributed by atoms with Crippen LogP contribution in [0.15, 0.2) is 88.5 Å². The molecule has 0 spiro atoms. The first-order valence-corrected chi connectivity index (χ1v) is 13.6. The zero-order valence-electron chi connectivity index (χ0n) is 21.3. The number of ether oxygens (including phenoxy) is 1. The second-order valence-corrected chi connectivity index (χ2v) is 10.6. The molecule has 0 saturated carbocycles. The molecule has 0 fully saturated rings. The topological polar surface area (TPSA) is 83.0 Å². The van der Waals surface area contributed by atoms with Crippen molar-refractivity contribution >= 4 is 62.3 Å². The van der Waals surface area contributed by atoms with E-state index in [9.17, 15) is 4.79 Å². The number of aromatic nitrogens is 1. The second-order valence-electron chi connectivity index (χ2n) is 9.24. The number of para-hydroxylation sites is 1. The van der Waals surface area contributed by atoms with Gasteiger partial charge in [-0.05, 0) is 61.5 Å². The maximum Gasteiger partial charge on any atom is 0.283 e. The van der Waals surface area contributed by atoms with Crippen molar-refractivity contribution in [3.8, 4) is 5.75 Å². The maximum atomic E-state index is 13.1. The number of hydrazone groups is 1. The molecule has 39 heavy (non-hydrogen) atoms. The van der Waals surface area contributed by atoms with E-state index in [-0.39, 0.29) is 11.4 Å². The molecule has 3 aromatic carbocycles. The molecule has 1 aromatic heterocycles. The molecule has 4 aromatic rings. The Morgan fingerprint density at radius 3 is 2.67 bits per heavy atom. The average Bonchev–Trinajstić information content (AvgIpc) is 3.46. The minimum atomic E-state index is -0.464. The molecule has 7 nitrogen and oxygen atoms in total. The lowest BCUT2D eigenvalue weighted by Gasteiger charge is -2.20. The fraction of sp³-hybridized carbons (Fsp3) is 0.133. The highest BCUT2D eigenvalue weighted by Crippen LogP contribution is 2.34. The maximum absolute atomic E-state index is 13.1. The minimum Gasteiger partial charge on any atom is -0.492 e. The van der Waals surface area contributed by atoms with E-state index in [4.69, 9.17) is 21.7 Å². The number of aryl methyl sites for hydroxylation is 1. The fourth-order valence-corrected chi connectivity index (χ4v) is 5.98. The lowest BCUT2D eigenvalue weighted by molar-refractivity contribution is -0.114. The molecule has 0 atom stereocenters. The fourth-order valence-electron chi connectivity index (χ4n) is 4.77. The van der Waals surface area contributed by atoms with E-state index in [0.717, 1.165) is 39.0 Å². The second kappa shape index (κ2) is 10.2. The van der Waals surface area contributed by atoms with Crippen LogP contribution in [0, 0.1) is 19.3 Å². The number of nitrogens with one attached hydrogen (secondary N) is 1. The van der Waals surface area contributed by atoms with Gasteiger partial charge >= 0.3 is 0 Å². The summed E-state index contributed by atoms with van der Waals surface area (Å²) in [5, 5.41) is 17.3. The molecule has 0 bridgehead atoms. The molecular formula is C30H24ClN5O2S. The lowest BCUT2D eigenvalue weighted by atomic mass is 10.1. The molecule has 3 heterocycles. The number of carbonyl (C=O) groups is 1. The molecule has 0 saturated heterocycles. The van der Waals surface area contributed by atoms with Crippen LogP contribution in [-0.2, 0) is 11.3 Å². The molecule has 2 aliphatic rings. The number of nitrogens with zero attached hydrogens (tertiary/aromatic N) is 4. The lowest BCUT2D eigenvalue weighted by Crippen LogP contribution is -2.35. The highest BCUT2D eigenvalue weighted by atomic mass is 35.5. The van der Waals surface area contributed by atoms with Gasteiger partial charge in [0.05, 0.1) is 17.1 Å². The first kappa shape index (κ1) is 25.2. The quantitative estimate of drug-likeness (QED) is 0.271. The number of aliphatic imine (C=N–C) groups is 1. The average molecular weight is 554 g/mol. The first-order valence-electron chi connectivity index (χ1n) is 12.4. The highest BCUT2D eigenvalue weighted by molar-refractivity contribution is 8.27. The number of hydrogen-bond acceptors (Lipinski definition) is 5. The van der Waals surface area contributed by atoms with Crippen LogP contribution >= 0.6 is 23.4 Å². The Bertz CT molecular complexity index is 1750. The summed E-state index contributed by atoms with van der Waals surface area (Å²) in [5.74, 6) is 0.355. The third kappa shape index (κ3) is 4.66. The van der Waals surface area contributed by atoms with Crippen molar-refractivity contribution in [3.05, 3.63) is 106 Å². The molecule has 1 N–H and O–H groups in total. The number of amides is 1. The Labute approximate surface area is 235 Å². The van der Waals surface area contributed by atoms with Gasteiger partial charge in [0.2, 0.25) is 5.17 Å². The van der Waals surface area contributed by atoms with E-state index < -0.39 is 5.91 Å². The normalized spacial score (nSPS) is 16.1. The van der Waals surface area contributed by atoms with E-state index in [1.54, 1.807) is 12.1 Å². The molecule has 9 heteroatoms. The summed E-state index contributed by atoms with van der Waals surface area (Å²) in [6.45, 7) is 5.18. The van der Waals surface area contributed by atoms with Gasteiger partial charge in [0.1, 0.15) is 17.4 Å². The van der Waals surface area contributed by atoms with Crippen molar-refractivity contribution in [2.45, 2.75) is 20.4 Å². The largest absolute Gasteiger partial charge is 0.492 e. The van der Waals surface area contributed by atoms with E-state index in [2.05, 4.69) is 20.7 Å². The third-order valence-corrected chi connectivity index (χ3v) is 7.97. The van der Waals surface area contributed by atoms with Crippen molar-refractivity contribution in [3.63, 3.8) is 0 Å². The third-order valence-electron chi connectivity index (χ3n) is 6.70. The van der Waals surface area contributed by atoms with Gasteiger partial charge < -0.3 is 9.30 Å². The van der Waals surface area contributed by atoms with Crippen molar-refractivity contribution in [1.82, 2.24) is 9.58 Å². The van der Waals surface area contributed by atoms with Crippen LogP contribution in [0.25, 0.3) is 17.0 Å². The smallest absolute Gasteiger partial charge is 0.283 e. The number of benzene rings is 3.